The van der Waals surface area contributed by atoms with E-state index in [9.17, 15) is 23.1 Å². The predicted octanol–water partition coefficient (Wildman–Crippen LogP) is 2.23. The maximum atomic E-state index is 14.5. The summed E-state index contributed by atoms with van der Waals surface area (Å²) in [6.45, 7) is -0.398. The van der Waals surface area contributed by atoms with Crippen LogP contribution in [0.5, 0.6) is 0 Å². The molecule has 0 unspecified atom stereocenters. The molecule has 3 rings (SSSR count). The summed E-state index contributed by atoms with van der Waals surface area (Å²) < 4.78 is 43.1. The Balaban J connectivity index is 1.77. The maximum absolute atomic E-state index is 14.5. The van der Waals surface area contributed by atoms with Gasteiger partial charge < -0.3 is 20.6 Å². The molecule has 162 valence electrons. The summed E-state index contributed by atoms with van der Waals surface area (Å²) in [5.41, 5.74) is -2.25. The van der Waals surface area contributed by atoms with E-state index in [0.29, 0.717) is 3.57 Å². The molecule has 12 heteroatoms. The van der Waals surface area contributed by atoms with E-state index in [4.69, 9.17) is 10.7 Å². The van der Waals surface area contributed by atoms with E-state index in [1.54, 1.807) is 12.3 Å². The number of carbonyl (C=O) groups excluding carboxylic acids is 1. The molecule has 0 saturated carbocycles. The zero-order chi connectivity index (χ0) is 22.8. The molecule has 0 radical (unpaired) electrons. The van der Waals surface area contributed by atoms with Gasteiger partial charge in [0.2, 0.25) is 5.96 Å². The van der Waals surface area contributed by atoms with Crippen LogP contribution in [0, 0.1) is 37.9 Å². The molecule has 1 saturated heterocycles. The van der Waals surface area contributed by atoms with Gasteiger partial charge in [0.05, 0.1) is 30.0 Å². The lowest BCUT2D eigenvalue weighted by molar-refractivity contribution is -0.0762. The molecule has 0 atom stereocenters. The SMILES string of the molecule is N#CNC(=N)NCC1(O)CN(C(=O)c2ccc(F)c(F)c2Nc2ccc(I)cc2F)C1. The summed E-state index contributed by atoms with van der Waals surface area (Å²) in [7, 11) is 0. The van der Waals surface area contributed by atoms with Gasteiger partial charge in [-0.2, -0.15) is 5.26 Å². The first-order valence-electron chi connectivity index (χ1n) is 8.83. The number of halogens is 4. The lowest BCUT2D eigenvalue weighted by Gasteiger charge is -2.46. The highest BCUT2D eigenvalue weighted by molar-refractivity contribution is 14.1. The number of anilines is 2. The van der Waals surface area contributed by atoms with Crippen molar-refractivity contribution >= 4 is 45.8 Å². The van der Waals surface area contributed by atoms with Crippen LogP contribution in [-0.4, -0.2) is 47.1 Å². The van der Waals surface area contributed by atoms with Crippen LogP contribution in [0.1, 0.15) is 10.4 Å². The van der Waals surface area contributed by atoms with Gasteiger partial charge in [-0.1, -0.05) is 0 Å². The quantitative estimate of drug-likeness (QED) is 0.129. The summed E-state index contributed by atoms with van der Waals surface area (Å²) >= 11 is 1.90. The minimum atomic E-state index is -1.37. The van der Waals surface area contributed by atoms with Crippen molar-refractivity contribution in [3.8, 4) is 6.19 Å². The van der Waals surface area contributed by atoms with E-state index >= 15 is 0 Å². The molecular weight excluding hydrogens is 528 g/mol. The van der Waals surface area contributed by atoms with Gasteiger partial charge in [-0.15, -0.1) is 0 Å². The Hall–Kier alpha value is -3.05. The number of nitrogens with zero attached hydrogens (tertiary/aromatic N) is 2. The van der Waals surface area contributed by atoms with Crippen molar-refractivity contribution in [2.45, 2.75) is 5.60 Å². The topological polar surface area (TPSA) is 124 Å². The van der Waals surface area contributed by atoms with Gasteiger partial charge in [0.25, 0.3) is 5.91 Å². The van der Waals surface area contributed by atoms with E-state index in [2.05, 4.69) is 10.6 Å². The number of nitrogens with one attached hydrogen (secondary N) is 4. The number of rotatable bonds is 5. The maximum Gasteiger partial charge on any atom is 0.256 e. The Morgan fingerprint density at radius 3 is 2.61 bits per heavy atom. The van der Waals surface area contributed by atoms with Crippen LogP contribution in [0.15, 0.2) is 30.3 Å². The van der Waals surface area contributed by atoms with Gasteiger partial charge in [0.15, 0.2) is 17.8 Å². The average molecular weight is 544 g/mol. The number of hydrogen-bond acceptors (Lipinski definition) is 5. The van der Waals surface area contributed by atoms with Crippen LogP contribution in [0.4, 0.5) is 24.5 Å². The summed E-state index contributed by atoms with van der Waals surface area (Å²) in [4.78, 5) is 14.0. The molecule has 2 aromatic rings. The van der Waals surface area contributed by atoms with E-state index < -0.39 is 34.6 Å². The van der Waals surface area contributed by atoms with Crippen LogP contribution < -0.4 is 16.0 Å². The molecule has 8 nitrogen and oxygen atoms in total. The smallest absolute Gasteiger partial charge is 0.256 e. The first-order valence-corrected chi connectivity index (χ1v) is 9.91. The molecule has 31 heavy (non-hydrogen) atoms. The third kappa shape index (κ3) is 5.00. The Labute approximate surface area is 188 Å². The molecule has 1 aliphatic heterocycles. The van der Waals surface area contributed by atoms with Gasteiger partial charge in [-0.05, 0) is 52.9 Å². The number of nitriles is 1. The second-order valence-corrected chi connectivity index (χ2v) is 8.13. The van der Waals surface area contributed by atoms with E-state index in [0.717, 1.165) is 12.1 Å². The van der Waals surface area contributed by atoms with Crippen LogP contribution >= 0.6 is 22.6 Å². The lowest BCUT2D eigenvalue weighted by Crippen LogP contribution is -2.68. The standard InChI is InChI=1S/C19H16F3IN6O2/c20-12-3-2-11(16(15(12)22)28-14-4-1-10(23)5-13(14)21)17(30)29-7-19(31,8-29)6-26-18(25)27-9-24/h1-5,28,31H,6-8H2,(H3,25,26,27). The predicted molar refractivity (Wildman–Crippen MR) is 114 cm³/mol. The van der Waals surface area contributed by atoms with Crippen molar-refractivity contribution in [3.05, 3.63) is 56.9 Å². The Bertz CT molecular complexity index is 1090. The molecule has 1 fully saturated rings. The second kappa shape index (κ2) is 8.98. The number of amides is 1. The number of likely N-dealkylation sites (tertiary alicyclic amines) is 1. The van der Waals surface area contributed by atoms with E-state index in [-0.39, 0.29) is 36.8 Å². The van der Waals surface area contributed by atoms with Crippen molar-refractivity contribution < 1.29 is 23.1 Å². The molecule has 2 aromatic carbocycles. The molecule has 0 aromatic heterocycles. The van der Waals surface area contributed by atoms with Gasteiger partial charge in [0, 0.05) is 10.1 Å². The lowest BCUT2D eigenvalue weighted by atomic mass is 9.93. The second-order valence-electron chi connectivity index (χ2n) is 6.88. The number of hydrogen-bond donors (Lipinski definition) is 5. The normalized spacial score (nSPS) is 14.3. The summed E-state index contributed by atoms with van der Waals surface area (Å²) in [5.74, 6) is -4.25. The number of carbonyl (C=O) groups is 1. The molecule has 1 aliphatic rings. The Morgan fingerprint density at radius 2 is 1.97 bits per heavy atom. The van der Waals surface area contributed by atoms with Crippen molar-refractivity contribution in [1.82, 2.24) is 15.5 Å². The molecule has 0 aliphatic carbocycles. The number of β-amino-alcohol motifs (C(OH)–C–C–N with tert-alkyl or cyclic N) is 1. The first-order chi connectivity index (χ1) is 14.6. The highest BCUT2D eigenvalue weighted by Crippen LogP contribution is 2.31. The third-order valence-electron chi connectivity index (χ3n) is 4.55. The van der Waals surface area contributed by atoms with E-state index in [1.807, 2.05) is 27.9 Å². The fourth-order valence-electron chi connectivity index (χ4n) is 3.02. The first kappa shape index (κ1) is 22.6. The van der Waals surface area contributed by atoms with Gasteiger partial charge in [-0.3, -0.25) is 15.5 Å². The van der Waals surface area contributed by atoms with Crippen molar-refractivity contribution in [3.63, 3.8) is 0 Å². The van der Waals surface area contributed by atoms with Crippen molar-refractivity contribution in [2.24, 2.45) is 0 Å². The van der Waals surface area contributed by atoms with E-state index in [1.165, 1.54) is 17.0 Å². The molecule has 1 amide bonds. The average Bonchev–Trinajstić information content (AvgIpc) is 2.69. The van der Waals surface area contributed by atoms with Crippen LogP contribution in [0.2, 0.25) is 0 Å². The van der Waals surface area contributed by atoms with Crippen LogP contribution in [0.25, 0.3) is 0 Å². The van der Waals surface area contributed by atoms with Crippen LogP contribution in [-0.2, 0) is 0 Å². The fourth-order valence-corrected chi connectivity index (χ4v) is 3.47. The molecule has 0 bridgehead atoms. The minimum absolute atomic E-state index is 0.110. The monoisotopic (exact) mass is 544 g/mol. The van der Waals surface area contributed by atoms with Crippen LogP contribution in [0.3, 0.4) is 0 Å². The minimum Gasteiger partial charge on any atom is -0.384 e. The zero-order valence-corrected chi connectivity index (χ0v) is 17.9. The van der Waals surface area contributed by atoms with Gasteiger partial charge in [0.1, 0.15) is 11.4 Å². The van der Waals surface area contributed by atoms with Gasteiger partial charge >= 0.3 is 0 Å². The number of guanidine groups is 1. The largest absolute Gasteiger partial charge is 0.384 e. The van der Waals surface area contributed by atoms with Crippen molar-refractivity contribution in [1.29, 1.82) is 10.7 Å². The summed E-state index contributed by atoms with van der Waals surface area (Å²) in [6.07, 6.45) is 1.55. The molecule has 5 N–H and O–H groups in total. The highest BCUT2D eigenvalue weighted by Gasteiger charge is 2.44. The Kier molecular flexibility index (Phi) is 6.56. The fraction of sp³-hybridized carbons (Fsp3) is 0.211. The summed E-state index contributed by atoms with van der Waals surface area (Å²) in [5, 5.41) is 33.2. The van der Waals surface area contributed by atoms with Crippen molar-refractivity contribution in [2.75, 3.05) is 25.0 Å². The molecule has 0 spiro atoms. The highest BCUT2D eigenvalue weighted by atomic mass is 127. The van der Waals surface area contributed by atoms with Gasteiger partial charge in [-0.25, -0.2) is 13.2 Å². The third-order valence-corrected chi connectivity index (χ3v) is 5.22. The number of benzene rings is 2. The zero-order valence-electron chi connectivity index (χ0n) is 15.8. The summed E-state index contributed by atoms with van der Waals surface area (Å²) in [6, 6.07) is 5.97. The molecular formula is C19H16F3IN6O2. The molecule has 1 heterocycles. The Morgan fingerprint density at radius 1 is 1.26 bits per heavy atom. The number of aliphatic hydroxyl groups is 1.